The number of hydrogen-bond acceptors (Lipinski definition) is 5. The molecule has 0 radical (unpaired) electrons. The zero-order valence-corrected chi connectivity index (χ0v) is 17.6. The first-order valence-electron chi connectivity index (χ1n) is 9.82. The SMILES string of the molecule is CCCC1(C)CC(O)OC1c1cc(NC(O)Nc2ccc(F)cc2C)ccc1Cl. The van der Waals surface area contributed by atoms with Crippen LogP contribution in [0, 0.1) is 18.2 Å². The van der Waals surface area contributed by atoms with Crippen LogP contribution in [0.2, 0.25) is 5.02 Å². The summed E-state index contributed by atoms with van der Waals surface area (Å²) in [5, 5.41) is 26.9. The van der Waals surface area contributed by atoms with Crippen LogP contribution < -0.4 is 10.6 Å². The van der Waals surface area contributed by atoms with E-state index in [0.717, 1.165) is 18.4 Å². The summed E-state index contributed by atoms with van der Waals surface area (Å²) in [6.07, 6.45) is 0.169. The van der Waals surface area contributed by atoms with Crippen molar-refractivity contribution in [2.24, 2.45) is 5.41 Å². The molecule has 1 saturated heterocycles. The average Bonchev–Trinajstić information content (AvgIpc) is 2.93. The maximum atomic E-state index is 13.3. The third-order valence-electron chi connectivity index (χ3n) is 5.45. The maximum absolute atomic E-state index is 13.3. The number of benzene rings is 2. The lowest BCUT2D eigenvalue weighted by molar-refractivity contribution is -0.0971. The van der Waals surface area contributed by atoms with Gasteiger partial charge >= 0.3 is 0 Å². The normalized spacial score (nSPS) is 25.1. The van der Waals surface area contributed by atoms with E-state index < -0.39 is 12.6 Å². The van der Waals surface area contributed by atoms with Crippen molar-refractivity contribution in [3.63, 3.8) is 0 Å². The Morgan fingerprint density at radius 2 is 2.03 bits per heavy atom. The van der Waals surface area contributed by atoms with E-state index in [1.165, 1.54) is 12.1 Å². The number of aryl methyl sites for hydroxylation is 1. The fourth-order valence-electron chi connectivity index (χ4n) is 4.09. The lowest BCUT2D eigenvalue weighted by Gasteiger charge is -2.30. The zero-order chi connectivity index (χ0) is 21.2. The highest BCUT2D eigenvalue weighted by Gasteiger charge is 2.45. The molecule has 1 aliphatic heterocycles. The topological polar surface area (TPSA) is 73.8 Å². The predicted octanol–water partition coefficient (Wildman–Crippen LogP) is 5.17. The summed E-state index contributed by atoms with van der Waals surface area (Å²) < 4.78 is 19.1. The molecule has 158 valence electrons. The van der Waals surface area contributed by atoms with Crippen molar-refractivity contribution in [3.05, 3.63) is 58.4 Å². The van der Waals surface area contributed by atoms with E-state index in [1.54, 1.807) is 25.1 Å². The zero-order valence-electron chi connectivity index (χ0n) is 16.9. The number of anilines is 2. The minimum absolute atomic E-state index is 0.224. The number of halogens is 2. The van der Waals surface area contributed by atoms with E-state index in [0.29, 0.717) is 28.4 Å². The second-order valence-electron chi connectivity index (χ2n) is 7.97. The lowest BCUT2D eigenvalue weighted by atomic mass is 9.76. The molecule has 4 unspecified atom stereocenters. The Labute approximate surface area is 175 Å². The molecule has 0 amide bonds. The van der Waals surface area contributed by atoms with Gasteiger partial charge in [-0.3, -0.25) is 0 Å². The van der Waals surface area contributed by atoms with Gasteiger partial charge in [-0.05, 0) is 55.3 Å². The summed E-state index contributed by atoms with van der Waals surface area (Å²) in [6, 6.07) is 9.65. The van der Waals surface area contributed by atoms with E-state index in [-0.39, 0.29) is 17.3 Å². The van der Waals surface area contributed by atoms with Crippen LogP contribution >= 0.6 is 11.6 Å². The van der Waals surface area contributed by atoms with Crippen LogP contribution in [0.3, 0.4) is 0 Å². The minimum Gasteiger partial charge on any atom is -0.368 e. The molecule has 1 aliphatic rings. The highest BCUT2D eigenvalue weighted by molar-refractivity contribution is 6.31. The number of aliphatic hydroxyl groups is 2. The Balaban J connectivity index is 1.78. The van der Waals surface area contributed by atoms with Crippen molar-refractivity contribution >= 4 is 23.0 Å². The smallest absolute Gasteiger partial charge is 0.202 e. The van der Waals surface area contributed by atoms with Crippen LogP contribution in [-0.2, 0) is 4.74 Å². The third kappa shape index (κ3) is 5.01. The maximum Gasteiger partial charge on any atom is 0.202 e. The molecule has 2 aromatic carbocycles. The van der Waals surface area contributed by atoms with E-state index in [4.69, 9.17) is 16.3 Å². The number of rotatable bonds is 7. The molecule has 5 nitrogen and oxygen atoms in total. The molecule has 1 fully saturated rings. The number of ether oxygens (including phenoxy) is 1. The Hall–Kier alpha value is -1.86. The Morgan fingerprint density at radius 1 is 1.28 bits per heavy atom. The van der Waals surface area contributed by atoms with Gasteiger partial charge in [-0.1, -0.05) is 31.9 Å². The quantitative estimate of drug-likeness (QED) is 0.463. The van der Waals surface area contributed by atoms with Crippen LogP contribution in [0.4, 0.5) is 15.8 Å². The summed E-state index contributed by atoms with van der Waals surface area (Å²) in [5.41, 5.74) is 2.51. The van der Waals surface area contributed by atoms with Crippen molar-refractivity contribution in [1.82, 2.24) is 0 Å². The fraction of sp³-hybridized carbons (Fsp3) is 0.455. The third-order valence-corrected chi connectivity index (χ3v) is 5.79. The summed E-state index contributed by atoms with van der Waals surface area (Å²) in [6.45, 7) is 5.96. The highest BCUT2D eigenvalue weighted by atomic mass is 35.5. The first-order valence-corrected chi connectivity index (χ1v) is 10.2. The molecule has 0 aromatic heterocycles. The standard InChI is InChI=1S/C22H28ClFN2O3/c1-4-9-22(3)12-19(27)29-20(22)16-11-15(6-7-17(16)23)25-21(28)26-18-8-5-14(24)10-13(18)2/h5-8,10-11,19-21,25-28H,4,9,12H2,1-3H3. The highest BCUT2D eigenvalue weighted by Crippen LogP contribution is 2.52. The first kappa shape index (κ1) is 21.8. The van der Waals surface area contributed by atoms with E-state index in [9.17, 15) is 14.6 Å². The van der Waals surface area contributed by atoms with Gasteiger partial charge in [0.05, 0.1) is 6.10 Å². The first-order chi connectivity index (χ1) is 13.7. The molecule has 1 heterocycles. The Morgan fingerprint density at radius 3 is 2.72 bits per heavy atom. The van der Waals surface area contributed by atoms with Crippen molar-refractivity contribution < 1.29 is 19.3 Å². The van der Waals surface area contributed by atoms with Crippen molar-refractivity contribution in [1.29, 1.82) is 0 Å². The van der Waals surface area contributed by atoms with E-state index in [1.807, 2.05) is 6.07 Å². The molecule has 0 aliphatic carbocycles. The molecular formula is C22H28ClFN2O3. The summed E-state index contributed by atoms with van der Waals surface area (Å²) in [4.78, 5) is 0. The van der Waals surface area contributed by atoms with Gasteiger partial charge in [-0.15, -0.1) is 0 Å². The number of hydrogen-bond donors (Lipinski definition) is 4. The lowest BCUT2D eigenvalue weighted by Crippen LogP contribution is -2.28. The van der Waals surface area contributed by atoms with Gasteiger partial charge in [0.1, 0.15) is 5.82 Å². The van der Waals surface area contributed by atoms with Crippen LogP contribution in [0.25, 0.3) is 0 Å². The van der Waals surface area contributed by atoms with Gasteiger partial charge in [0.25, 0.3) is 0 Å². The van der Waals surface area contributed by atoms with Gasteiger partial charge < -0.3 is 25.6 Å². The molecule has 0 saturated carbocycles. The summed E-state index contributed by atoms with van der Waals surface area (Å²) in [7, 11) is 0. The molecule has 7 heteroatoms. The average molecular weight is 423 g/mol. The van der Waals surface area contributed by atoms with Crippen LogP contribution in [0.1, 0.15) is 50.3 Å². The molecular weight excluding hydrogens is 395 g/mol. The number of aliphatic hydroxyl groups excluding tert-OH is 2. The van der Waals surface area contributed by atoms with E-state index in [2.05, 4.69) is 24.5 Å². The minimum atomic E-state index is -1.09. The van der Waals surface area contributed by atoms with Gasteiger partial charge in [0.2, 0.25) is 6.35 Å². The summed E-state index contributed by atoms with van der Waals surface area (Å²) in [5.74, 6) is -0.327. The van der Waals surface area contributed by atoms with Gasteiger partial charge in [-0.2, -0.15) is 0 Å². The summed E-state index contributed by atoms with van der Waals surface area (Å²) >= 11 is 6.45. The molecule has 0 bridgehead atoms. The molecule has 0 spiro atoms. The van der Waals surface area contributed by atoms with Gasteiger partial charge in [-0.25, -0.2) is 4.39 Å². The second-order valence-corrected chi connectivity index (χ2v) is 8.37. The van der Waals surface area contributed by atoms with Gasteiger partial charge in [0, 0.05) is 33.8 Å². The van der Waals surface area contributed by atoms with Gasteiger partial charge in [0.15, 0.2) is 6.29 Å². The van der Waals surface area contributed by atoms with Crippen LogP contribution in [-0.4, -0.2) is 22.9 Å². The second kappa shape index (κ2) is 8.88. The molecule has 4 N–H and O–H groups in total. The predicted molar refractivity (Wildman–Crippen MR) is 113 cm³/mol. The molecule has 2 aromatic rings. The Kier molecular flexibility index (Phi) is 6.69. The molecule has 4 atom stereocenters. The van der Waals surface area contributed by atoms with E-state index >= 15 is 0 Å². The largest absolute Gasteiger partial charge is 0.368 e. The van der Waals surface area contributed by atoms with Crippen molar-refractivity contribution in [2.75, 3.05) is 10.6 Å². The van der Waals surface area contributed by atoms with Crippen molar-refractivity contribution in [3.8, 4) is 0 Å². The Bertz CT molecular complexity index is 866. The van der Waals surface area contributed by atoms with Crippen LogP contribution in [0.15, 0.2) is 36.4 Å². The van der Waals surface area contributed by atoms with Crippen molar-refractivity contribution in [2.45, 2.75) is 58.8 Å². The molecule has 29 heavy (non-hydrogen) atoms. The number of nitrogens with one attached hydrogen (secondary N) is 2. The fourth-order valence-corrected chi connectivity index (χ4v) is 4.31. The molecule has 3 rings (SSSR count). The monoisotopic (exact) mass is 422 g/mol. The van der Waals surface area contributed by atoms with Crippen LogP contribution in [0.5, 0.6) is 0 Å².